The van der Waals surface area contributed by atoms with Gasteiger partial charge in [0.2, 0.25) is 5.89 Å². The number of nitrogens with zero attached hydrogens (tertiary/aromatic N) is 4. The first-order chi connectivity index (χ1) is 9.76. The normalized spacial score (nSPS) is 10.9. The second kappa shape index (κ2) is 5.50. The van der Waals surface area contributed by atoms with E-state index in [0.29, 0.717) is 18.3 Å². The number of hydrogen-bond acceptors (Lipinski definition) is 5. The highest BCUT2D eigenvalue weighted by atomic mass is 32.2. The molecule has 5 nitrogen and oxygen atoms in total. The minimum Gasteiger partial charge on any atom is -0.337 e. The number of hydrogen-bond donors (Lipinski definition) is 0. The van der Waals surface area contributed by atoms with Crippen LogP contribution in [0, 0.1) is 6.92 Å². The van der Waals surface area contributed by atoms with E-state index in [-0.39, 0.29) is 0 Å². The van der Waals surface area contributed by atoms with Gasteiger partial charge >= 0.3 is 0 Å². The van der Waals surface area contributed by atoms with Gasteiger partial charge in [0, 0.05) is 11.8 Å². The average Bonchev–Trinajstić information content (AvgIpc) is 3.07. The van der Waals surface area contributed by atoms with Gasteiger partial charge in [0.15, 0.2) is 11.0 Å². The molecule has 0 amide bonds. The summed E-state index contributed by atoms with van der Waals surface area (Å²) in [4.78, 5) is 8.87. The molecule has 0 spiro atoms. The summed E-state index contributed by atoms with van der Waals surface area (Å²) in [6.07, 6.45) is 4.02. The summed E-state index contributed by atoms with van der Waals surface area (Å²) in [6.45, 7) is 2.35. The van der Waals surface area contributed by atoms with Gasteiger partial charge in [-0.3, -0.25) is 0 Å². The molecule has 0 atom stereocenters. The molecule has 1 aromatic carbocycles. The molecular formula is C14H14N4OS. The quantitative estimate of drug-likeness (QED) is 0.690. The van der Waals surface area contributed by atoms with Crippen molar-refractivity contribution in [2.45, 2.75) is 18.6 Å². The molecule has 0 aliphatic carbocycles. The second-order valence-corrected chi connectivity index (χ2v) is 5.12. The maximum Gasteiger partial charge on any atom is 0.246 e. The van der Waals surface area contributed by atoms with Crippen LogP contribution in [0.3, 0.4) is 0 Å². The highest BCUT2D eigenvalue weighted by molar-refractivity contribution is 7.98. The van der Waals surface area contributed by atoms with Gasteiger partial charge in [-0.05, 0) is 13.2 Å². The van der Waals surface area contributed by atoms with E-state index in [2.05, 4.69) is 15.1 Å². The largest absolute Gasteiger partial charge is 0.337 e. The fourth-order valence-electron chi connectivity index (χ4n) is 1.97. The van der Waals surface area contributed by atoms with Crippen LogP contribution < -0.4 is 0 Å². The van der Waals surface area contributed by atoms with Crippen molar-refractivity contribution in [2.75, 3.05) is 6.26 Å². The van der Waals surface area contributed by atoms with Crippen molar-refractivity contribution in [3.63, 3.8) is 0 Å². The van der Waals surface area contributed by atoms with Crippen molar-refractivity contribution in [2.24, 2.45) is 0 Å². The van der Waals surface area contributed by atoms with E-state index in [9.17, 15) is 0 Å². The summed E-state index contributed by atoms with van der Waals surface area (Å²) in [5.74, 6) is 1.24. The van der Waals surface area contributed by atoms with Gasteiger partial charge < -0.3 is 9.09 Å². The molecule has 0 aliphatic rings. The highest BCUT2D eigenvalue weighted by Crippen LogP contribution is 2.23. The zero-order valence-electron chi connectivity index (χ0n) is 11.3. The summed E-state index contributed by atoms with van der Waals surface area (Å²) in [7, 11) is 0. The van der Waals surface area contributed by atoms with E-state index in [0.717, 1.165) is 16.4 Å². The zero-order chi connectivity index (χ0) is 13.9. The van der Waals surface area contributed by atoms with Crippen molar-refractivity contribution in [1.29, 1.82) is 0 Å². The van der Waals surface area contributed by atoms with Crippen LogP contribution in [0.25, 0.3) is 11.3 Å². The summed E-state index contributed by atoms with van der Waals surface area (Å²) in [6, 6.07) is 10.1. The van der Waals surface area contributed by atoms with Crippen molar-refractivity contribution in [1.82, 2.24) is 19.7 Å². The molecule has 3 rings (SSSR count). The fourth-order valence-corrected chi connectivity index (χ4v) is 2.51. The molecule has 102 valence electrons. The molecule has 0 fully saturated rings. The van der Waals surface area contributed by atoms with Crippen LogP contribution in [0.5, 0.6) is 0 Å². The van der Waals surface area contributed by atoms with Crippen LogP contribution in [0.15, 0.2) is 46.2 Å². The third kappa shape index (κ3) is 2.60. The number of aryl methyl sites for hydroxylation is 1. The Morgan fingerprint density at radius 3 is 2.65 bits per heavy atom. The maximum atomic E-state index is 5.16. The summed E-state index contributed by atoms with van der Waals surface area (Å²) in [5, 5.41) is 4.74. The standard InChI is InChI=1S/C14H14N4OS/c1-10-15-13(19-17-10)9-18-8-12(16-14(18)20-2)11-6-4-3-5-7-11/h3-8H,9H2,1-2H3. The Bertz CT molecular complexity index is 705. The molecular weight excluding hydrogens is 272 g/mol. The van der Waals surface area contributed by atoms with Gasteiger partial charge in [-0.25, -0.2) is 4.98 Å². The third-order valence-corrected chi connectivity index (χ3v) is 3.56. The molecule has 0 saturated carbocycles. The Balaban J connectivity index is 1.93. The van der Waals surface area contributed by atoms with Crippen molar-refractivity contribution >= 4 is 11.8 Å². The van der Waals surface area contributed by atoms with E-state index in [4.69, 9.17) is 4.52 Å². The Morgan fingerprint density at radius 1 is 1.20 bits per heavy atom. The van der Waals surface area contributed by atoms with Gasteiger partial charge in [0.05, 0.1) is 5.69 Å². The van der Waals surface area contributed by atoms with Crippen molar-refractivity contribution in [3.05, 3.63) is 48.2 Å². The van der Waals surface area contributed by atoms with Crippen molar-refractivity contribution in [3.8, 4) is 11.3 Å². The molecule has 0 radical (unpaired) electrons. The van der Waals surface area contributed by atoms with E-state index in [1.165, 1.54) is 0 Å². The number of imidazole rings is 1. The smallest absolute Gasteiger partial charge is 0.246 e. The predicted octanol–water partition coefficient (Wildman–Crippen LogP) is 3.01. The predicted molar refractivity (Wildman–Crippen MR) is 77.6 cm³/mol. The Morgan fingerprint density at radius 2 is 2.00 bits per heavy atom. The molecule has 3 aromatic rings. The lowest BCUT2D eigenvalue weighted by Gasteiger charge is -2.00. The van der Waals surface area contributed by atoms with E-state index in [1.54, 1.807) is 11.8 Å². The molecule has 0 unspecified atom stereocenters. The molecule has 0 aliphatic heterocycles. The number of benzene rings is 1. The van der Waals surface area contributed by atoms with Crippen LogP contribution in [-0.2, 0) is 6.54 Å². The fraction of sp³-hybridized carbons (Fsp3) is 0.214. The number of thioether (sulfide) groups is 1. The number of aromatic nitrogens is 4. The number of rotatable bonds is 4. The molecule has 20 heavy (non-hydrogen) atoms. The lowest BCUT2D eigenvalue weighted by Crippen LogP contribution is -2.00. The lowest BCUT2D eigenvalue weighted by molar-refractivity contribution is 0.364. The minimum atomic E-state index is 0.539. The molecule has 2 heterocycles. The first-order valence-corrected chi connectivity index (χ1v) is 7.44. The second-order valence-electron chi connectivity index (χ2n) is 4.34. The van der Waals surface area contributed by atoms with Crippen LogP contribution >= 0.6 is 11.8 Å². The molecule has 0 bridgehead atoms. The molecule has 0 saturated heterocycles. The molecule has 0 N–H and O–H groups in total. The summed E-state index contributed by atoms with van der Waals surface area (Å²) >= 11 is 1.60. The first kappa shape index (κ1) is 12.9. The van der Waals surface area contributed by atoms with E-state index >= 15 is 0 Å². The van der Waals surface area contributed by atoms with Gasteiger partial charge in [-0.15, -0.1) is 0 Å². The van der Waals surface area contributed by atoms with Crippen LogP contribution in [-0.4, -0.2) is 25.9 Å². The van der Waals surface area contributed by atoms with Gasteiger partial charge in [0.25, 0.3) is 0 Å². The SMILES string of the molecule is CSc1nc(-c2ccccc2)cn1Cc1nc(C)no1. The highest BCUT2D eigenvalue weighted by Gasteiger charge is 2.11. The van der Waals surface area contributed by atoms with E-state index < -0.39 is 0 Å². The third-order valence-electron chi connectivity index (χ3n) is 2.87. The zero-order valence-corrected chi connectivity index (χ0v) is 12.1. The Labute approximate surface area is 121 Å². The molecule has 6 heteroatoms. The van der Waals surface area contributed by atoms with Gasteiger partial charge in [-0.1, -0.05) is 47.3 Å². The monoisotopic (exact) mass is 286 g/mol. The summed E-state index contributed by atoms with van der Waals surface area (Å²) in [5.41, 5.74) is 2.05. The van der Waals surface area contributed by atoms with Gasteiger partial charge in [-0.2, -0.15) is 4.98 Å². The van der Waals surface area contributed by atoms with Crippen LogP contribution in [0.4, 0.5) is 0 Å². The van der Waals surface area contributed by atoms with Crippen LogP contribution in [0.2, 0.25) is 0 Å². The minimum absolute atomic E-state index is 0.539. The van der Waals surface area contributed by atoms with E-state index in [1.807, 2.05) is 54.3 Å². The van der Waals surface area contributed by atoms with Crippen LogP contribution in [0.1, 0.15) is 11.7 Å². The lowest BCUT2D eigenvalue weighted by atomic mass is 10.2. The van der Waals surface area contributed by atoms with Crippen molar-refractivity contribution < 1.29 is 4.52 Å². The van der Waals surface area contributed by atoms with Gasteiger partial charge in [0.1, 0.15) is 6.54 Å². The average molecular weight is 286 g/mol. The molecule has 2 aromatic heterocycles. The Hall–Kier alpha value is -2.08. The summed E-state index contributed by atoms with van der Waals surface area (Å²) < 4.78 is 7.19. The maximum absolute atomic E-state index is 5.16. The Kier molecular flexibility index (Phi) is 3.56. The topological polar surface area (TPSA) is 56.7 Å². The first-order valence-electron chi connectivity index (χ1n) is 6.22.